The van der Waals surface area contributed by atoms with Gasteiger partial charge in [0.25, 0.3) is 0 Å². The SMILES string of the molecule is Cc1ccc(-n2nc3c(N4CCC(C(=O)N5CCCc6cn(C(c7ccccc7)(c7ccccc7)c7ccccc7)cc65)CC4)nnc(C)c3c2C)cc1. The Hall–Kier alpha value is -6.02. The van der Waals surface area contributed by atoms with E-state index in [2.05, 4.69) is 166 Å². The van der Waals surface area contributed by atoms with Crippen molar-refractivity contribution in [1.29, 1.82) is 0 Å². The van der Waals surface area contributed by atoms with E-state index < -0.39 is 5.54 Å². The number of hydrogen-bond donors (Lipinski definition) is 0. The standard InChI is InChI=1S/C46H45N7O/c1-32-21-23-40(24-22-32)53-34(3)42-33(2)47-48-44(43(42)49-53)50-28-25-35(26-29-50)45(54)52-27-13-14-36-30-51(31-41(36)52)46(37-15-7-4-8-16-37,38-17-9-5-10-18-38)39-19-11-6-12-20-39/h4-12,15-24,30-31,35H,13-14,25-29H2,1-3H3. The van der Waals surface area contributed by atoms with Gasteiger partial charge in [0.15, 0.2) is 5.82 Å². The Labute approximate surface area is 316 Å². The lowest BCUT2D eigenvalue weighted by Crippen LogP contribution is -2.44. The van der Waals surface area contributed by atoms with Crippen LogP contribution in [0.3, 0.4) is 0 Å². The number of nitrogens with zero attached hydrogens (tertiary/aromatic N) is 7. The van der Waals surface area contributed by atoms with E-state index in [-0.39, 0.29) is 11.8 Å². The van der Waals surface area contributed by atoms with Gasteiger partial charge in [-0.25, -0.2) is 4.68 Å². The van der Waals surface area contributed by atoms with Gasteiger partial charge in [-0.1, -0.05) is 109 Å². The maximum Gasteiger partial charge on any atom is 0.230 e. The molecule has 5 heterocycles. The molecule has 1 fully saturated rings. The van der Waals surface area contributed by atoms with E-state index in [0.29, 0.717) is 0 Å². The quantitative estimate of drug-likeness (QED) is 0.155. The highest BCUT2D eigenvalue weighted by Gasteiger charge is 2.40. The Bertz CT molecular complexity index is 2330. The lowest BCUT2D eigenvalue weighted by atomic mass is 9.77. The second-order valence-electron chi connectivity index (χ2n) is 14.9. The molecule has 0 radical (unpaired) electrons. The molecule has 7 aromatic rings. The molecule has 0 unspecified atom stereocenters. The van der Waals surface area contributed by atoms with Gasteiger partial charge in [-0.05, 0) is 80.8 Å². The van der Waals surface area contributed by atoms with Gasteiger partial charge in [-0.2, -0.15) is 10.2 Å². The van der Waals surface area contributed by atoms with Gasteiger partial charge >= 0.3 is 0 Å². The van der Waals surface area contributed by atoms with Crippen LogP contribution in [0.25, 0.3) is 16.6 Å². The summed E-state index contributed by atoms with van der Waals surface area (Å²) in [5.41, 5.74) is 10.2. The van der Waals surface area contributed by atoms with Crippen LogP contribution in [0.4, 0.5) is 11.5 Å². The first-order chi connectivity index (χ1) is 26.4. The fraction of sp³-hybridized carbons (Fsp3) is 0.261. The molecule has 0 N–H and O–H groups in total. The highest BCUT2D eigenvalue weighted by atomic mass is 16.2. The van der Waals surface area contributed by atoms with Crippen LogP contribution in [0.2, 0.25) is 0 Å². The summed E-state index contributed by atoms with van der Waals surface area (Å²) in [6.45, 7) is 8.37. The molecule has 8 heteroatoms. The number of fused-ring (bicyclic) bond motifs is 2. The molecule has 1 saturated heterocycles. The minimum absolute atomic E-state index is 0.0709. The number of rotatable bonds is 7. The van der Waals surface area contributed by atoms with Gasteiger partial charge < -0.3 is 14.4 Å². The summed E-state index contributed by atoms with van der Waals surface area (Å²) >= 11 is 0. The van der Waals surface area contributed by atoms with Gasteiger partial charge in [0.05, 0.1) is 28.1 Å². The van der Waals surface area contributed by atoms with Crippen LogP contribution >= 0.6 is 0 Å². The number of carbonyl (C=O) groups excluding carboxylic acids is 1. The summed E-state index contributed by atoms with van der Waals surface area (Å²) in [7, 11) is 0. The maximum atomic E-state index is 14.6. The number of benzene rings is 4. The van der Waals surface area contributed by atoms with Crippen molar-refractivity contribution in [2.24, 2.45) is 5.92 Å². The predicted molar refractivity (Wildman–Crippen MR) is 216 cm³/mol. The van der Waals surface area contributed by atoms with Crippen LogP contribution in [0.5, 0.6) is 0 Å². The molecule has 0 spiro atoms. The van der Waals surface area contributed by atoms with Crippen molar-refractivity contribution in [2.45, 2.75) is 52.0 Å². The highest BCUT2D eigenvalue weighted by Crippen LogP contribution is 2.44. The second-order valence-corrected chi connectivity index (χ2v) is 14.9. The van der Waals surface area contributed by atoms with Crippen molar-refractivity contribution < 1.29 is 4.79 Å². The van der Waals surface area contributed by atoms with Gasteiger partial charge in [0.1, 0.15) is 11.1 Å². The molecule has 1 amide bonds. The van der Waals surface area contributed by atoms with Gasteiger partial charge in [-0.15, -0.1) is 5.10 Å². The molecule has 0 atom stereocenters. The van der Waals surface area contributed by atoms with E-state index in [9.17, 15) is 4.79 Å². The Balaban J connectivity index is 1.02. The van der Waals surface area contributed by atoms with Crippen molar-refractivity contribution in [2.75, 3.05) is 29.4 Å². The van der Waals surface area contributed by atoms with Crippen LogP contribution in [0.15, 0.2) is 128 Å². The second kappa shape index (κ2) is 13.8. The molecule has 9 rings (SSSR count). The zero-order valence-corrected chi connectivity index (χ0v) is 31.2. The molecule has 8 nitrogen and oxygen atoms in total. The Morgan fingerprint density at radius 2 is 1.30 bits per heavy atom. The third kappa shape index (κ3) is 5.59. The fourth-order valence-corrected chi connectivity index (χ4v) is 8.90. The summed E-state index contributed by atoms with van der Waals surface area (Å²) in [5.74, 6) is 0.947. The first-order valence-electron chi connectivity index (χ1n) is 19.2. The van der Waals surface area contributed by atoms with E-state index in [0.717, 1.165) is 84.8 Å². The van der Waals surface area contributed by atoms with E-state index in [1.165, 1.54) is 27.8 Å². The summed E-state index contributed by atoms with van der Waals surface area (Å²) in [4.78, 5) is 18.9. The minimum atomic E-state index is -0.619. The molecule has 3 aromatic heterocycles. The molecule has 270 valence electrons. The molecule has 54 heavy (non-hydrogen) atoms. The van der Waals surface area contributed by atoms with Crippen LogP contribution < -0.4 is 9.80 Å². The monoisotopic (exact) mass is 711 g/mol. The third-order valence-corrected chi connectivity index (χ3v) is 11.6. The molecular weight excluding hydrogens is 667 g/mol. The number of hydrogen-bond acceptors (Lipinski definition) is 5. The van der Waals surface area contributed by atoms with E-state index >= 15 is 0 Å². The molecule has 2 aliphatic heterocycles. The normalized spacial score (nSPS) is 15.1. The van der Waals surface area contributed by atoms with Crippen LogP contribution in [0, 0.1) is 26.7 Å². The topological polar surface area (TPSA) is 72.1 Å². The molecule has 0 aliphatic carbocycles. The zero-order chi connectivity index (χ0) is 36.8. The number of anilines is 2. The average molecular weight is 712 g/mol. The smallest absolute Gasteiger partial charge is 0.230 e. The van der Waals surface area contributed by atoms with Crippen molar-refractivity contribution in [3.05, 3.63) is 167 Å². The molecule has 0 bridgehead atoms. The Morgan fingerprint density at radius 1 is 0.704 bits per heavy atom. The van der Waals surface area contributed by atoms with E-state index in [1.807, 2.05) is 11.6 Å². The average Bonchev–Trinajstić information content (AvgIpc) is 3.82. The lowest BCUT2D eigenvalue weighted by Gasteiger charge is -2.38. The summed E-state index contributed by atoms with van der Waals surface area (Å²) in [5, 5.41) is 15.4. The van der Waals surface area contributed by atoms with Gasteiger partial charge in [0.2, 0.25) is 5.91 Å². The third-order valence-electron chi connectivity index (χ3n) is 11.6. The van der Waals surface area contributed by atoms with E-state index in [1.54, 1.807) is 0 Å². The van der Waals surface area contributed by atoms with E-state index in [4.69, 9.17) is 5.10 Å². The lowest BCUT2D eigenvalue weighted by molar-refractivity contribution is -0.123. The molecule has 0 saturated carbocycles. The van der Waals surface area contributed by atoms with Crippen molar-refractivity contribution in [3.8, 4) is 5.69 Å². The summed E-state index contributed by atoms with van der Waals surface area (Å²) in [6.07, 6.45) is 7.92. The number of piperidine rings is 1. The summed E-state index contributed by atoms with van der Waals surface area (Å²) < 4.78 is 4.37. The fourth-order valence-electron chi connectivity index (χ4n) is 8.90. The van der Waals surface area contributed by atoms with Gasteiger partial charge in [-0.3, -0.25) is 4.79 Å². The van der Waals surface area contributed by atoms with Crippen LogP contribution in [0.1, 0.15) is 58.5 Å². The first-order valence-corrected chi connectivity index (χ1v) is 19.2. The van der Waals surface area contributed by atoms with Crippen LogP contribution in [-0.4, -0.2) is 50.1 Å². The zero-order valence-electron chi connectivity index (χ0n) is 31.2. The van der Waals surface area contributed by atoms with Gasteiger partial charge in [0, 0.05) is 37.9 Å². The number of aryl methyl sites for hydroxylation is 4. The minimum Gasteiger partial charge on any atom is -0.353 e. The molecule has 4 aromatic carbocycles. The number of amides is 1. The van der Waals surface area contributed by atoms with Crippen LogP contribution in [-0.2, 0) is 16.8 Å². The first kappa shape index (κ1) is 33.8. The summed E-state index contributed by atoms with van der Waals surface area (Å²) in [6, 6.07) is 40.7. The molecule has 2 aliphatic rings. The molecular formula is C46H45N7O. The Kier molecular flexibility index (Phi) is 8.61. The number of aromatic nitrogens is 5. The van der Waals surface area contributed by atoms with Crippen molar-refractivity contribution in [1.82, 2.24) is 24.5 Å². The largest absolute Gasteiger partial charge is 0.353 e. The maximum absolute atomic E-state index is 14.6. The predicted octanol–water partition coefficient (Wildman–Crippen LogP) is 8.58. The van der Waals surface area contributed by atoms with Crippen molar-refractivity contribution >= 4 is 28.3 Å². The van der Waals surface area contributed by atoms with Crippen molar-refractivity contribution in [3.63, 3.8) is 0 Å². The highest BCUT2D eigenvalue weighted by molar-refractivity contribution is 5.97. The Morgan fingerprint density at radius 3 is 1.89 bits per heavy atom. The number of carbonyl (C=O) groups is 1.